The molecule has 0 saturated carbocycles. The Bertz CT molecular complexity index is 230. The van der Waals surface area contributed by atoms with E-state index in [2.05, 4.69) is 5.32 Å². The molecule has 0 fully saturated rings. The van der Waals surface area contributed by atoms with Gasteiger partial charge >= 0.3 is 5.97 Å². The van der Waals surface area contributed by atoms with Crippen molar-refractivity contribution >= 4 is 11.9 Å². The van der Waals surface area contributed by atoms with Crippen molar-refractivity contribution in [3.63, 3.8) is 0 Å². The van der Waals surface area contributed by atoms with E-state index in [-0.39, 0.29) is 30.1 Å². The Morgan fingerprint density at radius 2 is 1.80 bits per heavy atom. The van der Waals surface area contributed by atoms with Crippen LogP contribution in [0.3, 0.4) is 0 Å². The molecule has 1 atom stereocenters. The van der Waals surface area contributed by atoms with Crippen molar-refractivity contribution in [2.75, 3.05) is 6.54 Å². The SMILES string of the molecule is CC(CC(=O)O)CC(=O)NCC(C)(C)C. The number of amides is 1. The van der Waals surface area contributed by atoms with Crippen LogP contribution in [0.25, 0.3) is 0 Å². The Kier molecular flexibility index (Phi) is 5.33. The first kappa shape index (κ1) is 13.9. The lowest BCUT2D eigenvalue weighted by atomic mass is 9.96. The number of carboxylic acid groups (broad SMARTS) is 1. The summed E-state index contributed by atoms with van der Waals surface area (Å²) in [6.45, 7) is 8.49. The molecule has 0 aromatic carbocycles. The second kappa shape index (κ2) is 5.73. The molecule has 4 heteroatoms. The van der Waals surface area contributed by atoms with Crippen LogP contribution < -0.4 is 5.32 Å². The molecule has 1 amide bonds. The van der Waals surface area contributed by atoms with Crippen molar-refractivity contribution in [2.24, 2.45) is 11.3 Å². The van der Waals surface area contributed by atoms with Crippen LogP contribution in [0.2, 0.25) is 0 Å². The van der Waals surface area contributed by atoms with E-state index in [9.17, 15) is 9.59 Å². The number of aliphatic carboxylic acids is 1. The van der Waals surface area contributed by atoms with Gasteiger partial charge in [0, 0.05) is 19.4 Å². The van der Waals surface area contributed by atoms with Crippen LogP contribution in [0.4, 0.5) is 0 Å². The maximum Gasteiger partial charge on any atom is 0.303 e. The van der Waals surface area contributed by atoms with E-state index in [4.69, 9.17) is 5.11 Å². The first-order valence-corrected chi connectivity index (χ1v) is 5.19. The molecule has 0 rings (SSSR count). The van der Waals surface area contributed by atoms with Crippen molar-refractivity contribution in [3.8, 4) is 0 Å². The molecular weight excluding hydrogens is 194 g/mol. The zero-order valence-corrected chi connectivity index (χ0v) is 9.96. The molecule has 4 nitrogen and oxygen atoms in total. The van der Waals surface area contributed by atoms with Crippen molar-refractivity contribution in [3.05, 3.63) is 0 Å². The minimum absolute atomic E-state index is 0.0446. The number of rotatable bonds is 5. The Morgan fingerprint density at radius 3 is 2.20 bits per heavy atom. The predicted octanol–water partition coefficient (Wildman–Crippen LogP) is 1.65. The topological polar surface area (TPSA) is 66.4 Å². The lowest BCUT2D eigenvalue weighted by Gasteiger charge is -2.19. The summed E-state index contributed by atoms with van der Waals surface area (Å²) in [5, 5.41) is 11.3. The monoisotopic (exact) mass is 215 g/mol. The van der Waals surface area contributed by atoms with Crippen molar-refractivity contribution in [2.45, 2.75) is 40.5 Å². The van der Waals surface area contributed by atoms with Crippen LogP contribution in [-0.4, -0.2) is 23.5 Å². The third-order valence-electron chi connectivity index (χ3n) is 1.87. The first-order chi connectivity index (χ1) is 6.70. The predicted molar refractivity (Wildman–Crippen MR) is 58.5 cm³/mol. The summed E-state index contributed by atoms with van der Waals surface area (Å²) in [5.41, 5.74) is 0.0612. The molecule has 0 heterocycles. The molecule has 0 spiro atoms. The van der Waals surface area contributed by atoms with E-state index in [0.717, 1.165) is 0 Å². The van der Waals surface area contributed by atoms with Crippen LogP contribution in [0.1, 0.15) is 40.5 Å². The molecule has 0 aliphatic rings. The van der Waals surface area contributed by atoms with Crippen molar-refractivity contribution < 1.29 is 14.7 Å². The Labute approximate surface area is 91.1 Å². The molecule has 88 valence electrons. The highest BCUT2D eigenvalue weighted by Gasteiger charge is 2.15. The van der Waals surface area contributed by atoms with Crippen molar-refractivity contribution in [1.82, 2.24) is 5.32 Å². The average molecular weight is 215 g/mol. The van der Waals surface area contributed by atoms with Crippen molar-refractivity contribution in [1.29, 1.82) is 0 Å². The van der Waals surface area contributed by atoms with Gasteiger partial charge in [-0.25, -0.2) is 0 Å². The zero-order chi connectivity index (χ0) is 12.1. The van der Waals surface area contributed by atoms with Crippen LogP contribution >= 0.6 is 0 Å². The summed E-state index contributed by atoms with van der Waals surface area (Å²) < 4.78 is 0. The standard InChI is InChI=1S/C11H21NO3/c1-8(6-10(14)15)5-9(13)12-7-11(2,3)4/h8H,5-7H2,1-4H3,(H,12,13)(H,14,15). The van der Waals surface area contributed by atoms with Gasteiger partial charge in [0.25, 0.3) is 0 Å². The Hall–Kier alpha value is -1.06. The third-order valence-corrected chi connectivity index (χ3v) is 1.87. The van der Waals surface area contributed by atoms with Gasteiger partial charge in [0.05, 0.1) is 0 Å². The summed E-state index contributed by atoms with van der Waals surface area (Å²) in [6.07, 6.45) is 0.325. The highest BCUT2D eigenvalue weighted by Crippen LogP contribution is 2.11. The molecule has 0 aromatic rings. The molecule has 0 aliphatic heterocycles. The normalized spacial score (nSPS) is 13.3. The van der Waals surface area contributed by atoms with Gasteiger partial charge in [0.15, 0.2) is 0 Å². The van der Waals surface area contributed by atoms with Gasteiger partial charge in [-0.05, 0) is 11.3 Å². The van der Waals surface area contributed by atoms with E-state index in [0.29, 0.717) is 6.54 Å². The number of carbonyl (C=O) groups is 2. The number of hydrogen-bond acceptors (Lipinski definition) is 2. The van der Waals surface area contributed by atoms with E-state index in [1.807, 2.05) is 20.8 Å². The van der Waals surface area contributed by atoms with Gasteiger partial charge in [-0.2, -0.15) is 0 Å². The lowest BCUT2D eigenvalue weighted by molar-refractivity contribution is -0.138. The fraction of sp³-hybridized carbons (Fsp3) is 0.818. The Morgan fingerprint density at radius 1 is 1.27 bits per heavy atom. The number of hydrogen-bond donors (Lipinski definition) is 2. The second-order valence-corrected chi connectivity index (χ2v) is 5.24. The second-order valence-electron chi connectivity index (χ2n) is 5.24. The number of carbonyl (C=O) groups excluding carboxylic acids is 1. The van der Waals surface area contributed by atoms with Gasteiger partial charge < -0.3 is 10.4 Å². The molecule has 0 aromatic heterocycles. The average Bonchev–Trinajstić information content (AvgIpc) is 1.97. The van der Waals surface area contributed by atoms with Gasteiger partial charge in [-0.1, -0.05) is 27.7 Å². The number of nitrogens with one attached hydrogen (secondary N) is 1. The lowest BCUT2D eigenvalue weighted by Crippen LogP contribution is -2.33. The molecule has 0 saturated heterocycles. The van der Waals surface area contributed by atoms with Gasteiger partial charge in [0.2, 0.25) is 5.91 Å². The number of carboxylic acids is 1. The summed E-state index contributed by atoms with van der Waals surface area (Å²) in [5.74, 6) is -1.03. The minimum Gasteiger partial charge on any atom is -0.481 e. The molecule has 0 aliphatic carbocycles. The molecular formula is C11H21NO3. The molecule has 15 heavy (non-hydrogen) atoms. The maximum absolute atomic E-state index is 11.4. The Balaban J connectivity index is 3.79. The summed E-state index contributed by atoms with van der Waals surface area (Å²) >= 11 is 0. The largest absolute Gasteiger partial charge is 0.481 e. The summed E-state index contributed by atoms with van der Waals surface area (Å²) in [7, 11) is 0. The van der Waals surface area contributed by atoms with Gasteiger partial charge in [0.1, 0.15) is 0 Å². The van der Waals surface area contributed by atoms with Gasteiger partial charge in [-0.15, -0.1) is 0 Å². The molecule has 2 N–H and O–H groups in total. The quantitative estimate of drug-likeness (QED) is 0.732. The highest BCUT2D eigenvalue weighted by molar-refractivity contribution is 5.77. The maximum atomic E-state index is 11.4. The van der Waals surface area contributed by atoms with E-state index in [1.165, 1.54) is 0 Å². The molecule has 1 unspecified atom stereocenters. The van der Waals surface area contributed by atoms with E-state index >= 15 is 0 Å². The minimum atomic E-state index is -0.855. The van der Waals surface area contributed by atoms with Crippen LogP contribution in [-0.2, 0) is 9.59 Å². The summed E-state index contributed by atoms with van der Waals surface area (Å²) in [6, 6.07) is 0. The highest BCUT2D eigenvalue weighted by atomic mass is 16.4. The van der Waals surface area contributed by atoms with Crippen LogP contribution in [0.5, 0.6) is 0 Å². The van der Waals surface area contributed by atoms with E-state index < -0.39 is 5.97 Å². The smallest absolute Gasteiger partial charge is 0.303 e. The fourth-order valence-electron chi connectivity index (χ4n) is 1.12. The van der Waals surface area contributed by atoms with Crippen LogP contribution in [0.15, 0.2) is 0 Å². The first-order valence-electron chi connectivity index (χ1n) is 5.19. The molecule has 0 bridgehead atoms. The van der Waals surface area contributed by atoms with Gasteiger partial charge in [-0.3, -0.25) is 9.59 Å². The zero-order valence-electron chi connectivity index (χ0n) is 9.96. The molecule has 0 radical (unpaired) electrons. The fourth-order valence-corrected chi connectivity index (χ4v) is 1.12. The van der Waals surface area contributed by atoms with Crippen LogP contribution in [0, 0.1) is 11.3 Å². The summed E-state index contributed by atoms with van der Waals surface area (Å²) in [4.78, 5) is 21.8. The van der Waals surface area contributed by atoms with E-state index in [1.54, 1.807) is 6.92 Å². The third kappa shape index (κ3) is 9.25.